The van der Waals surface area contributed by atoms with Crippen LogP contribution in [0.1, 0.15) is 141 Å². The van der Waals surface area contributed by atoms with E-state index in [1.165, 1.54) is 109 Å². The van der Waals surface area contributed by atoms with Crippen LogP contribution < -0.4 is 0 Å². The fourth-order valence-corrected chi connectivity index (χ4v) is 3.35. The van der Waals surface area contributed by atoms with Gasteiger partial charge in [0.25, 0.3) is 0 Å². The normalized spacial score (nSPS) is 10.2. The van der Waals surface area contributed by atoms with Gasteiger partial charge in [-0.15, -0.1) is 0 Å². The molecule has 0 amide bonds. The van der Waals surface area contributed by atoms with Gasteiger partial charge in [0.2, 0.25) is 0 Å². The Morgan fingerprint density at radius 2 is 0.769 bits per heavy atom. The summed E-state index contributed by atoms with van der Waals surface area (Å²) in [5.41, 5.74) is 0. The third kappa shape index (κ3) is 30.7. The van der Waals surface area contributed by atoms with E-state index in [2.05, 4.69) is 6.92 Å². The Kier molecular flexibility index (Phi) is 36.7. The van der Waals surface area contributed by atoms with Gasteiger partial charge in [0, 0.05) is 6.42 Å². The number of carbonyl (C=O) groups is 1. The maximum Gasteiger partial charge on any atom is 2.00 e. The molecular weight excluding hydrogens is 376 g/mol. The smallest absolute Gasteiger partial charge is 1.00 e. The van der Waals surface area contributed by atoms with Gasteiger partial charge in [-0.3, -0.25) is 4.79 Å². The zero-order valence-electron chi connectivity index (χ0n) is 21.9. The van der Waals surface area contributed by atoms with Crippen LogP contribution in [0.2, 0.25) is 0 Å². The fraction of sp³-hybridized carbons (Fsp3) is 0.955. The molecule has 4 heteroatoms. The first-order chi connectivity index (χ1) is 11.8. The van der Waals surface area contributed by atoms with E-state index in [9.17, 15) is 4.79 Å². The predicted molar refractivity (Wildman–Crippen MR) is 122 cm³/mol. The molecule has 0 radical (unpaired) electrons. The summed E-state index contributed by atoms with van der Waals surface area (Å²) in [6.45, 7) is 2.28. The molecule has 0 aromatic rings. The van der Waals surface area contributed by atoms with Crippen LogP contribution in [-0.2, 0) is 4.79 Å². The summed E-state index contributed by atoms with van der Waals surface area (Å²) in [5.74, 6) is -0.651. The number of rotatable bonds is 20. The Hall–Kier alpha value is 1.99. The van der Waals surface area contributed by atoms with Crippen LogP contribution in [0.3, 0.4) is 0 Å². The Labute approximate surface area is 230 Å². The van der Waals surface area contributed by atoms with Crippen molar-refractivity contribution in [2.24, 2.45) is 0 Å². The van der Waals surface area contributed by atoms with Gasteiger partial charge in [0.15, 0.2) is 0 Å². The van der Waals surface area contributed by atoms with Crippen molar-refractivity contribution >= 4 is 81.4 Å². The molecule has 0 aromatic heterocycles. The molecule has 0 aromatic carbocycles. The van der Waals surface area contributed by atoms with E-state index in [1.807, 2.05) is 0 Å². The van der Waals surface area contributed by atoms with E-state index in [4.69, 9.17) is 5.11 Å². The minimum atomic E-state index is -0.651. The molecule has 0 aliphatic rings. The van der Waals surface area contributed by atoms with Crippen molar-refractivity contribution < 1.29 is 15.6 Å². The summed E-state index contributed by atoms with van der Waals surface area (Å²) in [6, 6.07) is 0. The number of aliphatic carboxylic acids is 1. The van der Waals surface area contributed by atoms with Gasteiger partial charge in [-0.05, 0) is 6.42 Å². The molecule has 2 nitrogen and oxygen atoms in total. The third-order valence-corrected chi connectivity index (χ3v) is 4.99. The van der Waals surface area contributed by atoms with E-state index in [-0.39, 0.29) is 81.2 Å². The molecule has 0 aliphatic heterocycles. The van der Waals surface area contributed by atoms with Crippen molar-refractivity contribution in [1.82, 2.24) is 0 Å². The zero-order valence-corrected chi connectivity index (χ0v) is 22.3. The second-order valence-corrected chi connectivity index (χ2v) is 7.51. The first kappa shape index (κ1) is 32.6. The molecule has 0 unspecified atom stereocenters. The molecule has 26 heavy (non-hydrogen) atoms. The Bertz CT molecular complexity index is 278. The molecule has 0 aliphatic carbocycles. The fourth-order valence-electron chi connectivity index (χ4n) is 3.35. The van der Waals surface area contributed by atoms with Gasteiger partial charge >= 0.3 is 81.4 Å². The zero-order chi connectivity index (χ0) is 17.7. The molecular formula is C22H48Ca2O2. The molecule has 152 valence electrons. The summed E-state index contributed by atoms with van der Waals surface area (Å²) in [4.78, 5) is 10.4. The number of hydrogen-bond donors (Lipinski definition) is 1. The standard InChI is InChI=1S/C22H44O2.2Ca.4H/c1-2-3-4-5-6-7-8-9-10-11-12-13-14-15-16-17-18-19-20-21-22(23)24;;;;;;/h2-21H2,1H3,(H,23,24);;;;;;/q;2*+2;4*-1. The molecule has 0 saturated heterocycles. The molecule has 0 saturated carbocycles. The van der Waals surface area contributed by atoms with E-state index >= 15 is 0 Å². The van der Waals surface area contributed by atoms with Crippen LogP contribution in [-0.4, -0.2) is 86.6 Å². The molecule has 0 bridgehead atoms. The van der Waals surface area contributed by atoms with Gasteiger partial charge < -0.3 is 10.8 Å². The quantitative estimate of drug-likeness (QED) is 0.161. The minimum Gasteiger partial charge on any atom is -1.00 e. The minimum absolute atomic E-state index is 0. The number of carboxylic acid groups (broad SMARTS) is 1. The molecule has 0 rings (SSSR count). The van der Waals surface area contributed by atoms with Gasteiger partial charge in [-0.1, -0.05) is 122 Å². The molecule has 0 fully saturated rings. The monoisotopic (exact) mass is 424 g/mol. The van der Waals surface area contributed by atoms with Crippen LogP contribution in [0, 0.1) is 0 Å². The van der Waals surface area contributed by atoms with Crippen molar-refractivity contribution in [3.63, 3.8) is 0 Å². The maximum absolute atomic E-state index is 10.4. The number of hydrogen-bond acceptors (Lipinski definition) is 1. The van der Waals surface area contributed by atoms with Crippen molar-refractivity contribution in [3.8, 4) is 0 Å². The van der Waals surface area contributed by atoms with Gasteiger partial charge in [-0.25, -0.2) is 0 Å². The second-order valence-electron chi connectivity index (χ2n) is 7.51. The second kappa shape index (κ2) is 29.2. The van der Waals surface area contributed by atoms with E-state index in [0.717, 1.165) is 12.8 Å². The van der Waals surface area contributed by atoms with Crippen LogP contribution in [0.25, 0.3) is 0 Å². The predicted octanol–water partition coefficient (Wildman–Crippen LogP) is 7.58. The first-order valence-electron chi connectivity index (χ1n) is 11.0. The van der Waals surface area contributed by atoms with Gasteiger partial charge in [0.05, 0.1) is 0 Å². The van der Waals surface area contributed by atoms with E-state index < -0.39 is 5.97 Å². The van der Waals surface area contributed by atoms with Gasteiger partial charge in [0.1, 0.15) is 0 Å². The molecule has 0 atom stereocenters. The average Bonchev–Trinajstić information content (AvgIpc) is 2.56. The summed E-state index contributed by atoms with van der Waals surface area (Å²) < 4.78 is 0. The van der Waals surface area contributed by atoms with E-state index in [0.29, 0.717) is 6.42 Å². The molecule has 1 N–H and O–H groups in total. The van der Waals surface area contributed by atoms with Gasteiger partial charge in [-0.2, -0.15) is 0 Å². The van der Waals surface area contributed by atoms with Crippen LogP contribution >= 0.6 is 0 Å². The summed E-state index contributed by atoms with van der Waals surface area (Å²) in [7, 11) is 0. The van der Waals surface area contributed by atoms with Crippen LogP contribution in [0.5, 0.6) is 0 Å². The average molecular weight is 425 g/mol. The van der Waals surface area contributed by atoms with Crippen LogP contribution in [0.4, 0.5) is 0 Å². The Morgan fingerprint density at radius 1 is 0.538 bits per heavy atom. The maximum atomic E-state index is 10.4. The molecule has 0 spiro atoms. The Morgan fingerprint density at radius 3 is 1.00 bits per heavy atom. The number of carboxylic acids is 1. The van der Waals surface area contributed by atoms with Crippen molar-refractivity contribution in [2.45, 2.75) is 135 Å². The van der Waals surface area contributed by atoms with Crippen molar-refractivity contribution in [2.75, 3.05) is 0 Å². The summed E-state index contributed by atoms with van der Waals surface area (Å²) in [5, 5.41) is 8.56. The largest absolute Gasteiger partial charge is 2.00 e. The summed E-state index contributed by atoms with van der Waals surface area (Å²) >= 11 is 0. The Balaban J connectivity index is -0.000000176. The number of unbranched alkanes of at least 4 members (excludes halogenated alkanes) is 18. The van der Waals surface area contributed by atoms with Crippen LogP contribution in [0.15, 0.2) is 0 Å². The van der Waals surface area contributed by atoms with Crippen molar-refractivity contribution in [1.29, 1.82) is 0 Å². The van der Waals surface area contributed by atoms with E-state index in [1.54, 1.807) is 0 Å². The van der Waals surface area contributed by atoms with Crippen molar-refractivity contribution in [3.05, 3.63) is 0 Å². The first-order valence-corrected chi connectivity index (χ1v) is 11.0. The third-order valence-electron chi connectivity index (χ3n) is 4.99. The molecule has 0 heterocycles. The SMILES string of the molecule is CCCCCCCCCCCCCCCCCCCCCC(=O)O.[Ca+2].[Ca+2].[H-].[H-].[H-].[H-]. The summed E-state index contributed by atoms with van der Waals surface area (Å²) in [6.07, 6.45) is 26.1. The topological polar surface area (TPSA) is 37.3 Å².